The van der Waals surface area contributed by atoms with Crippen LogP contribution < -0.4 is 10.1 Å². The summed E-state index contributed by atoms with van der Waals surface area (Å²) in [5.41, 5.74) is 3.58. The molecule has 0 aliphatic carbocycles. The summed E-state index contributed by atoms with van der Waals surface area (Å²) in [4.78, 5) is 23.7. The van der Waals surface area contributed by atoms with Gasteiger partial charge in [0, 0.05) is 16.6 Å². The largest absolute Gasteiger partial charge is 0.489 e. The molecule has 0 bridgehead atoms. The summed E-state index contributed by atoms with van der Waals surface area (Å²) in [6, 6.07) is 17.8. The Morgan fingerprint density at radius 1 is 0.972 bits per heavy atom. The molecule has 0 atom stereocenters. The number of rotatable bonds is 8. The van der Waals surface area contributed by atoms with E-state index >= 15 is 0 Å². The van der Waals surface area contributed by atoms with Crippen molar-refractivity contribution >= 4 is 28.0 Å². The number of halogens is 2. The fourth-order valence-electron chi connectivity index (χ4n) is 3.47. The summed E-state index contributed by atoms with van der Waals surface area (Å²) >= 11 is 3.56. The highest BCUT2D eigenvalue weighted by Gasteiger charge is 2.16. The van der Waals surface area contributed by atoms with E-state index in [9.17, 15) is 14.0 Å². The third-order valence-electron chi connectivity index (χ3n) is 5.03. The van der Waals surface area contributed by atoms with Crippen LogP contribution in [0.25, 0.3) is 11.1 Å². The van der Waals surface area contributed by atoms with Crippen molar-refractivity contribution in [2.45, 2.75) is 45.9 Å². The Hall–Kier alpha value is -3.39. The van der Waals surface area contributed by atoms with Gasteiger partial charge in [-0.1, -0.05) is 34.1 Å². The maximum Gasteiger partial charge on any atom is 0.407 e. The van der Waals surface area contributed by atoms with Crippen LogP contribution in [0.3, 0.4) is 0 Å². The fraction of sp³-hybridized carbons (Fsp3) is 0.286. The fourth-order valence-corrected chi connectivity index (χ4v) is 4.01. The van der Waals surface area contributed by atoms with E-state index in [0.29, 0.717) is 17.9 Å². The number of hydrogen-bond acceptors (Lipinski definition) is 5. The van der Waals surface area contributed by atoms with E-state index in [-0.39, 0.29) is 13.0 Å². The first kappa shape index (κ1) is 27.2. The molecule has 0 heterocycles. The molecule has 190 valence electrons. The lowest BCUT2D eigenvalue weighted by Gasteiger charge is -2.19. The van der Waals surface area contributed by atoms with E-state index in [1.54, 1.807) is 0 Å². The van der Waals surface area contributed by atoms with Gasteiger partial charge in [0.05, 0.1) is 13.5 Å². The number of ether oxygens (including phenoxy) is 3. The summed E-state index contributed by atoms with van der Waals surface area (Å²) in [5.74, 6) is -0.512. The van der Waals surface area contributed by atoms with E-state index < -0.39 is 23.5 Å². The van der Waals surface area contributed by atoms with Crippen LogP contribution in [0.15, 0.2) is 65.1 Å². The number of benzene rings is 3. The summed E-state index contributed by atoms with van der Waals surface area (Å²) in [6.45, 7) is 6.00. The van der Waals surface area contributed by atoms with Crippen molar-refractivity contribution in [1.82, 2.24) is 5.32 Å². The van der Waals surface area contributed by atoms with Crippen molar-refractivity contribution in [3.63, 3.8) is 0 Å². The van der Waals surface area contributed by atoms with E-state index in [1.165, 1.54) is 25.3 Å². The normalized spacial score (nSPS) is 11.1. The maximum absolute atomic E-state index is 13.7. The first-order chi connectivity index (χ1) is 17.0. The van der Waals surface area contributed by atoms with Crippen LogP contribution >= 0.6 is 15.9 Å². The lowest BCUT2D eigenvalue weighted by atomic mass is 10.0. The molecule has 1 amide bonds. The summed E-state index contributed by atoms with van der Waals surface area (Å²) in [7, 11) is 1.29. The van der Waals surface area contributed by atoms with Crippen molar-refractivity contribution in [2.24, 2.45) is 0 Å². The van der Waals surface area contributed by atoms with Crippen LogP contribution in [-0.2, 0) is 33.8 Å². The standard InChI is InChI=1S/C28H29BrFNO5/c1-28(2,3)36-27(33)31-16-18-6-5-7-20(10-18)21-11-19(12-23(29)13-21)17-35-25-9-8-24(30)14-22(25)15-26(32)34-4/h5-14H,15-17H2,1-4H3,(H,31,33). The molecule has 0 aliphatic rings. The first-order valence-corrected chi connectivity index (χ1v) is 12.2. The minimum atomic E-state index is -0.561. The second-order valence-corrected chi connectivity index (χ2v) is 10.1. The molecule has 0 aromatic heterocycles. The third kappa shape index (κ3) is 8.37. The molecule has 8 heteroatoms. The number of esters is 1. The third-order valence-corrected chi connectivity index (χ3v) is 5.49. The molecule has 0 radical (unpaired) electrons. The minimum Gasteiger partial charge on any atom is -0.489 e. The second kappa shape index (κ2) is 12.0. The lowest BCUT2D eigenvalue weighted by molar-refractivity contribution is -0.139. The molecule has 1 N–H and O–H groups in total. The zero-order valence-corrected chi connectivity index (χ0v) is 22.3. The van der Waals surface area contributed by atoms with Gasteiger partial charge in [0.25, 0.3) is 0 Å². The summed E-state index contributed by atoms with van der Waals surface area (Å²) in [5, 5.41) is 2.77. The van der Waals surface area contributed by atoms with Crippen LogP contribution in [0.5, 0.6) is 5.75 Å². The second-order valence-electron chi connectivity index (χ2n) is 9.20. The van der Waals surface area contributed by atoms with Crippen molar-refractivity contribution in [3.8, 4) is 16.9 Å². The zero-order chi connectivity index (χ0) is 26.3. The topological polar surface area (TPSA) is 73.9 Å². The molecule has 3 aromatic carbocycles. The number of alkyl carbamates (subject to hydrolysis) is 1. The van der Waals surface area contributed by atoms with Crippen LogP contribution in [-0.4, -0.2) is 24.8 Å². The molecule has 0 saturated carbocycles. The van der Waals surface area contributed by atoms with Crippen LogP contribution in [0, 0.1) is 5.82 Å². The monoisotopic (exact) mass is 557 g/mol. The van der Waals surface area contributed by atoms with E-state index in [1.807, 2.05) is 63.2 Å². The van der Waals surface area contributed by atoms with Gasteiger partial charge in [0.15, 0.2) is 0 Å². The maximum atomic E-state index is 13.7. The van der Waals surface area contributed by atoms with Gasteiger partial charge in [0.2, 0.25) is 0 Å². The Kier molecular flexibility index (Phi) is 9.09. The number of carbonyl (C=O) groups is 2. The van der Waals surface area contributed by atoms with Crippen molar-refractivity contribution in [3.05, 3.63) is 87.6 Å². The van der Waals surface area contributed by atoms with E-state index in [2.05, 4.69) is 21.2 Å². The summed E-state index contributed by atoms with van der Waals surface area (Å²) < 4.78 is 30.5. The van der Waals surface area contributed by atoms with Crippen LogP contribution in [0.4, 0.5) is 9.18 Å². The molecule has 0 saturated heterocycles. The van der Waals surface area contributed by atoms with Gasteiger partial charge in [-0.25, -0.2) is 9.18 Å². The van der Waals surface area contributed by atoms with Crippen molar-refractivity contribution < 1.29 is 28.2 Å². The number of nitrogens with one attached hydrogen (secondary N) is 1. The van der Waals surface area contributed by atoms with E-state index in [0.717, 1.165) is 26.7 Å². The molecular formula is C28H29BrFNO5. The van der Waals surface area contributed by atoms with E-state index in [4.69, 9.17) is 14.2 Å². The lowest BCUT2D eigenvalue weighted by Crippen LogP contribution is -2.32. The minimum absolute atomic E-state index is 0.0859. The highest BCUT2D eigenvalue weighted by atomic mass is 79.9. The zero-order valence-electron chi connectivity index (χ0n) is 20.7. The Balaban J connectivity index is 1.74. The molecule has 3 rings (SSSR count). The first-order valence-electron chi connectivity index (χ1n) is 11.4. The van der Waals surface area contributed by atoms with Gasteiger partial charge in [-0.05, 0) is 85.5 Å². The Morgan fingerprint density at radius 2 is 1.72 bits per heavy atom. The van der Waals surface area contributed by atoms with Crippen molar-refractivity contribution in [2.75, 3.05) is 7.11 Å². The predicted molar refractivity (Wildman–Crippen MR) is 139 cm³/mol. The molecular weight excluding hydrogens is 529 g/mol. The summed E-state index contributed by atoms with van der Waals surface area (Å²) in [6.07, 6.45) is -0.556. The van der Waals surface area contributed by atoms with Gasteiger partial charge in [0.1, 0.15) is 23.8 Å². The molecule has 3 aromatic rings. The smallest absolute Gasteiger partial charge is 0.407 e. The number of carbonyl (C=O) groups excluding carboxylic acids is 2. The Morgan fingerprint density at radius 3 is 2.44 bits per heavy atom. The molecule has 0 aliphatic heterocycles. The average molecular weight is 558 g/mol. The molecule has 0 spiro atoms. The Labute approximate surface area is 218 Å². The van der Waals surface area contributed by atoms with Gasteiger partial charge in [-0.15, -0.1) is 0 Å². The number of methoxy groups -OCH3 is 1. The Bertz CT molecular complexity index is 1240. The average Bonchev–Trinajstić information content (AvgIpc) is 2.81. The SMILES string of the molecule is COC(=O)Cc1cc(F)ccc1OCc1cc(Br)cc(-c2cccc(CNC(=O)OC(C)(C)C)c2)c1. The molecule has 6 nitrogen and oxygen atoms in total. The van der Waals surface area contributed by atoms with Gasteiger partial charge in [-0.3, -0.25) is 4.79 Å². The molecule has 36 heavy (non-hydrogen) atoms. The highest BCUT2D eigenvalue weighted by molar-refractivity contribution is 9.10. The predicted octanol–water partition coefficient (Wildman–Crippen LogP) is 6.57. The van der Waals surface area contributed by atoms with Gasteiger partial charge >= 0.3 is 12.1 Å². The van der Waals surface area contributed by atoms with Crippen molar-refractivity contribution in [1.29, 1.82) is 0 Å². The highest BCUT2D eigenvalue weighted by Crippen LogP contribution is 2.28. The van der Waals surface area contributed by atoms with Crippen LogP contribution in [0.1, 0.15) is 37.5 Å². The van der Waals surface area contributed by atoms with Gasteiger partial charge in [-0.2, -0.15) is 0 Å². The molecule has 0 fully saturated rings. The van der Waals surface area contributed by atoms with Gasteiger partial charge < -0.3 is 19.5 Å². The van der Waals surface area contributed by atoms with Crippen LogP contribution in [0.2, 0.25) is 0 Å². The number of hydrogen-bond donors (Lipinski definition) is 1. The number of amides is 1. The quantitative estimate of drug-likeness (QED) is 0.317. The molecule has 0 unspecified atom stereocenters.